The third-order valence-electron chi connectivity index (χ3n) is 30.0. The summed E-state index contributed by atoms with van der Waals surface area (Å²) in [6, 6.07) is 27.4. The average molecular weight is 1690 g/mol. The Morgan fingerprint density at radius 1 is 0.382 bits per heavy atom. The van der Waals surface area contributed by atoms with E-state index in [9.17, 15) is 43.5 Å². The molecule has 18 atom stereocenters. The van der Waals surface area contributed by atoms with Gasteiger partial charge in [0, 0.05) is 93.1 Å². The maximum Gasteiger partial charge on any atom is 0.344 e. The summed E-state index contributed by atoms with van der Waals surface area (Å²) in [5, 5.41) is 41.4. The largest absolute Gasteiger partial charge is 0.481 e. The van der Waals surface area contributed by atoms with E-state index >= 15 is 0 Å². The Kier molecular flexibility index (Phi) is 28.3. The molecule has 6 unspecified atom stereocenters. The fraction of sp³-hybridized carbons (Fsp3) is 0.660. The number of carbonyl (C=O) groups is 5. The molecule has 6 saturated carbocycles. The maximum absolute atomic E-state index is 14.3. The molecule has 3 aromatic carbocycles. The number of hydrogen-bond donors (Lipinski definition) is 5. The Morgan fingerprint density at radius 3 is 1.03 bits per heavy atom. The van der Waals surface area contributed by atoms with E-state index in [0.29, 0.717) is 77.5 Å². The van der Waals surface area contributed by atoms with Gasteiger partial charge in [0.2, 0.25) is 13.2 Å². The van der Waals surface area contributed by atoms with Gasteiger partial charge >= 0.3 is 17.9 Å². The van der Waals surface area contributed by atoms with Gasteiger partial charge in [-0.3, -0.25) is 43.5 Å². The molecule has 12 fully saturated rings. The molecule has 18 rings (SSSR count). The van der Waals surface area contributed by atoms with Crippen LogP contribution in [0.4, 0.5) is 0 Å². The average Bonchev–Trinajstić information content (AvgIpc) is 1.40. The number of carbonyl (C=O) groups excluding carboxylic acids is 2. The standard InChI is InChI=1S/C33H46N4O5.C31H41N5O5.C30H39N5O5/c1-41-15-16-42-35-29(13-14-31(38)39)32-33(40)37(30-12-5-4-11-28(30)34-32)27-20-24-9-6-10-25(21-27)36(24)26-18-22-7-2-3-8-23(17-22)19-26;1-32-30(39)28(34-41-18-27(37)38)29-31(40)36(26-12-5-4-11-25(26)33-29)24-16-21-9-6-10-22(17-24)35(21)23-14-19-7-2-3-8-20(13-19)15-23;31-29(38)27(33-40-17-26(36)37)28-30(39)35(25-11-4-3-10-24(25)32-28)23-15-20-8-5-9-21(16-23)34(20)22-13-18-6-1-2-7-19(12-18)14-22/h4-5,11-12,22-27H,2-3,6-10,13-21H2,1H3,(H,38,39);4-5,11-12,19-24H,2-3,6-10,13-18H2,1H3,(H,32,39)(H,37,38);3-4,10-11,18-23H,1-2,5-9,12-17H2,(H2,31,38)(H,36,37)/b35-29+;34-28-;33-27-/t22-,23+,24-,25+,26?,27?;19-,20+,21-,22+,23?,24?;18-,19+,20-,21+,22?,23?. The zero-order chi connectivity index (χ0) is 85.4. The number of nitrogens with one attached hydrogen (secondary N) is 1. The highest BCUT2D eigenvalue weighted by Crippen LogP contribution is 2.51. The van der Waals surface area contributed by atoms with E-state index in [1.165, 1.54) is 174 Å². The first-order chi connectivity index (χ1) is 59.8. The summed E-state index contributed by atoms with van der Waals surface area (Å²) < 4.78 is 10.6. The smallest absolute Gasteiger partial charge is 0.344 e. The molecule has 0 radical (unpaired) electrons. The highest BCUT2D eigenvalue weighted by atomic mass is 16.6. The van der Waals surface area contributed by atoms with Crippen molar-refractivity contribution in [2.75, 3.05) is 40.6 Å². The van der Waals surface area contributed by atoms with E-state index in [1.54, 1.807) is 17.7 Å². The number of rotatable bonds is 24. The van der Waals surface area contributed by atoms with E-state index in [2.05, 4.69) is 45.5 Å². The number of nitrogens with zero attached hydrogens (tertiary/aromatic N) is 12. The second-order valence-electron chi connectivity index (χ2n) is 37.9. The summed E-state index contributed by atoms with van der Waals surface area (Å²) in [6.45, 7) is -0.940. The Morgan fingerprint density at radius 2 is 0.707 bits per heavy atom. The normalized spacial score (nSPS) is 30.5. The van der Waals surface area contributed by atoms with Gasteiger partial charge in [-0.05, 0) is 207 Å². The van der Waals surface area contributed by atoms with Gasteiger partial charge in [0.15, 0.2) is 28.5 Å². The Balaban J connectivity index is 0.000000137. The van der Waals surface area contributed by atoms with E-state index < -0.39 is 59.8 Å². The van der Waals surface area contributed by atoms with E-state index in [0.717, 1.165) is 116 Å². The molecule has 662 valence electrons. The quantitative estimate of drug-likeness (QED) is 0.0213. The van der Waals surface area contributed by atoms with Crippen molar-refractivity contribution in [2.24, 2.45) is 56.7 Å². The number of carboxylic acid groups (broad SMARTS) is 3. The molecule has 6 aliphatic carbocycles. The lowest BCUT2D eigenvalue weighted by Crippen LogP contribution is -2.58. The van der Waals surface area contributed by atoms with Crippen molar-refractivity contribution in [3.05, 3.63) is 121 Å². The van der Waals surface area contributed by atoms with E-state index in [1.807, 2.05) is 75.9 Å². The predicted molar refractivity (Wildman–Crippen MR) is 467 cm³/mol. The van der Waals surface area contributed by atoms with Crippen molar-refractivity contribution in [3.63, 3.8) is 0 Å². The summed E-state index contributed by atoms with van der Waals surface area (Å²) in [4.78, 5) is 138. The molecule has 6 aliphatic heterocycles. The molecule has 29 nitrogen and oxygen atoms in total. The van der Waals surface area contributed by atoms with Crippen LogP contribution in [0.1, 0.15) is 279 Å². The maximum atomic E-state index is 14.3. The number of aromatic nitrogens is 6. The van der Waals surface area contributed by atoms with Crippen molar-refractivity contribution in [1.82, 2.24) is 48.7 Å². The summed E-state index contributed by atoms with van der Waals surface area (Å²) in [5.74, 6) is 0.106. The van der Waals surface area contributed by atoms with Crippen LogP contribution >= 0.6 is 0 Å². The molecular formula is C94H126N14O15. The number of oxime groups is 3. The van der Waals surface area contributed by atoms with Gasteiger partial charge in [0.05, 0.1) is 46.1 Å². The van der Waals surface area contributed by atoms with Crippen molar-refractivity contribution in [3.8, 4) is 0 Å². The fourth-order valence-corrected chi connectivity index (χ4v) is 25.5. The zero-order valence-corrected chi connectivity index (χ0v) is 71.7. The third kappa shape index (κ3) is 19.9. The van der Waals surface area contributed by atoms with Crippen LogP contribution in [0.3, 0.4) is 0 Å². The number of carboxylic acids is 3. The number of para-hydroxylation sites is 6. The van der Waals surface area contributed by atoms with Gasteiger partial charge in [0.1, 0.15) is 12.3 Å². The highest BCUT2D eigenvalue weighted by molar-refractivity contribution is 6.45. The van der Waals surface area contributed by atoms with Crippen LogP contribution in [-0.4, -0.2) is 200 Å². The Hall–Kier alpha value is -9.32. The zero-order valence-electron chi connectivity index (χ0n) is 71.7. The van der Waals surface area contributed by atoms with Crippen LogP contribution in [0.15, 0.2) is 103 Å². The first-order valence-corrected chi connectivity index (χ1v) is 46.4. The van der Waals surface area contributed by atoms with Crippen LogP contribution in [0, 0.1) is 35.5 Å². The highest BCUT2D eigenvalue weighted by Gasteiger charge is 2.50. The fourth-order valence-electron chi connectivity index (χ4n) is 25.5. The van der Waals surface area contributed by atoms with Crippen molar-refractivity contribution >= 4 is 80.0 Å². The molecule has 6 N–H and O–H groups in total. The summed E-state index contributed by atoms with van der Waals surface area (Å²) in [6.07, 6.45) is 44.9. The van der Waals surface area contributed by atoms with Crippen LogP contribution in [0.2, 0.25) is 0 Å². The summed E-state index contributed by atoms with van der Waals surface area (Å²) in [7, 11) is 3.00. The molecule has 6 saturated heterocycles. The number of amides is 2. The first-order valence-electron chi connectivity index (χ1n) is 46.4. The molecule has 3 aromatic heterocycles. The molecule has 12 bridgehead atoms. The van der Waals surface area contributed by atoms with Crippen LogP contribution in [0.25, 0.3) is 33.1 Å². The number of hydrogen-bond acceptors (Lipinski definition) is 21. The molecule has 9 heterocycles. The van der Waals surface area contributed by atoms with E-state index in [-0.39, 0.29) is 71.6 Å². The minimum atomic E-state index is -1.26. The lowest BCUT2D eigenvalue weighted by Gasteiger charge is -2.54. The minimum Gasteiger partial charge on any atom is -0.481 e. The van der Waals surface area contributed by atoms with Gasteiger partial charge in [-0.25, -0.2) is 24.5 Å². The number of likely N-dealkylation sites (N-methyl/N-ethyl adjacent to an activating group) is 1. The number of nitrogens with two attached hydrogens (primary N) is 1. The Bertz CT molecular complexity index is 5000. The number of benzene rings is 3. The molecular weight excluding hydrogens is 1570 g/mol. The van der Waals surface area contributed by atoms with Crippen LogP contribution in [0.5, 0.6) is 0 Å². The monoisotopic (exact) mass is 1690 g/mol. The van der Waals surface area contributed by atoms with Gasteiger partial charge in [0.25, 0.3) is 28.5 Å². The number of fused-ring (bicyclic) bond motifs is 15. The number of ether oxygens (including phenoxy) is 1. The van der Waals surface area contributed by atoms with Gasteiger partial charge in [-0.2, -0.15) is 0 Å². The topological polar surface area (TPSA) is 372 Å². The van der Waals surface area contributed by atoms with E-state index in [4.69, 9.17) is 40.2 Å². The predicted octanol–water partition coefficient (Wildman–Crippen LogP) is 13.0. The Labute approximate surface area is 718 Å². The minimum absolute atomic E-state index is 0.0301. The van der Waals surface area contributed by atoms with Gasteiger partial charge < -0.3 is 59.3 Å². The molecule has 12 aliphatic rings. The lowest BCUT2D eigenvalue weighted by molar-refractivity contribution is -0.143. The van der Waals surface area contributed by atoms with Crippen molar-refractivity contribution in [1.29, 1.82) is 0 Å². The second-order valence-corrected chi connectivity index (χ2v) is 37.9. The van der Waals surface area contributed by atoms with Crippen LogP contribution in [-0.2, 0) is 43.2 Å². The molecule has 0 spiro atoms. The molecule has 6 aromatic rings. The number of aliphatic carboxylic acids is 3. The first kappa shape index (κ1) is 87.2. The van der Waals surface area contributed by atoms with Crippen LogP contribution < -0.4 is 27.7 Å². The number of methoxy groups -OCH3 is 1. The summed E-state index contributed by atoms with van der Waals surface area (Å²) in [5.41, 5.74) is 8.01. The lowest BCUT2D eigenvalue weighted by atomic mass is 9.73. The number of piperidine rings is 6. The van der Waals surface area contributed by atoms with Gasteiger partial charge in [-0.15, -0.1) is 0 Å². The SMILES string of the molecule is CNC(=O)/C(=N\OCC(=O)O)c1nc2ccccc2n(C2C[C@H]3CCC[C@@H](C2)N3C2C[C@H]3CCCC[C@@H](C2)C3)c1=O.COCCO/N=C(\CCC(=O)O)c1nc2ccccc2n(C2C[C@H]3CCC[C@@H](C2)N3C2C[C@H]3CCCC[C@@H](C2)C3)c1=O.NC(=O)/C(=N\OCC(=O)O)c1nc2ccccc2n(C2C[C@H]3CCC[C@@H](C2)N3C2C[C@H]3CCCC[C@@H](C2)C3)c1=O. The third-order valence-corrected chi connectivity index (χ3v) is 30.0. The summed E-state index contributed by atoms with van der Waals surface area (Å²) >= 11 is 0. The molecule has 29 heteroatoms. The van der Waals surface area contributed by atoms with Gasteiger partial charge in [-0.1, -0.05) is 148 Å². The molecule has 123 heavy (non-hydrogen) atoms. The molecule has 2 amide bonds. The van der Waals surface area contributed by atoms with Crippen molar-refractivity contribution in [2.45, 2.75) is 316 Å². The van der Waals surface area contributed by atoms with Crippen molar-refractivity contribution < 1.29 is 58.5 Å². The number of primary amides is 1. The second kappa shape index (κ2) is 39.9.